The van der Waals surface area contributed by atoms with Crippen LogP contribution in [0.3, 0.4) is 0 Å². The molecule has 1 nitrogen and oxygen atoms in total. The number of nitrogens with one attached hydrogen (secondary N) is 1. The fourth-order valence-corrected chi connectivity index (χ4v) is 2.25. The first-order valence-corrected chi connectivity index (χ1v) is 5.73. The van der Waals surface area contributed by atoms with Crippen molar-refractivity contribution < 1.29 is 4.39 Å². The predicted molar refractivity (Wildman–Crippen MR) is 63.1 cm³/mol. The maximum absolute atomic E-state index is 13.2. The summed E-state index contributed by atoms with van der Waals surface area (Å²) < 4.78 is 13.2. The van der Waals surface area contributed by atoms with E-state index in [-0.39, 0.29) is 5.82 Å². The molecule has 2 aromatic rings. The van der Waals surface area contributed by atoms with Crippen molar-refractivity contribution in [2.45, 2.75) is 6.54 Å². The fourth-order valence-electron chi connectivity index (χ4n) is 1.23. The zero-order valence-corrected chi connectivity index (χ0v) is 9.41. The van der Waals surface area contributed by atoms with Crippen molar-refractivity contribution in [3.8, 4) is 0 Å². The molecule has 0 saturated heterocycles. The minimum Gasteiger partial charge on any atom is -0.378 e. The number of halogens is 2. The van der Waals surface area contributed by atoms with Crippen molar-refractivity contribution in [3.05, 3.63) is 51.4 Å². The quantitative estimate of drug-likeness (QED) is 0.851. The Bertz CT molecular complexity index is 455. The van der Waals surface area contributed by atoms with Crippen molar-refractivity contribution in [3.63, 3.8) is 0 Å². The Balaban J connectivity index is 2.02. The number of benzene rings is 1. The normalized spacial score (nSPS) is 10.3. The molecule has 0 radical (unpaired) electrons. The minimum absolute atomic E-state index is 0.236. The molecule has 1 aromatic heterocycles. The van der Waals surface area contributed by atoms with E-state index >= 15 is 0 Å². The average Bonchev–Trinajstić information content (AvgIpc) is 2.63. The molecule has 4 heteroatoms. The molecular weight excluding hydrogens is 233 g/mol. The van der Waals surface area contributed by atoms with Crippen LogP contribution >= 0.6 is 22.9 Å². The molecule has 0 fully saturated rings. The molecular formula is C11H9ClFNS. The van der Waals surface area contributed by atoms with Crippen LogP contribution in [0, 0.1) is 5.82 Å². The molecule has 1 N–H and O–H groups in total. The van der Waals surface area contributed by atoms with Crippen LogP contribution < -0.4 is 5.32 Å². The van der Waals surface area contributed by atoms with Crippen LogP contribution in [0.2, 0.25) is 5.02 Å². The summed E-state index contributed by atoms with van der Waals surface area (Å²) in [5, 5.41) is 5.61. The van der Waals surface area contributed by atoms with Crippen LogP contribution in [-0.2, 0) is 6.54 Å². The highest BCUT2D eigenvalue weighted by Crippen LogP contribution is 2.21. The number of hydrogen-bond acceptors (Lipinski definition) is 2. The molecule has 0 aliphatic rings. The van der Waals surface area contributed by atoms with Gasteiger partial charge in [0.2, 0.25) is 0 Å². The van der Waals surface area contributed by atoms with E-state index in [0.717, 1.165) is 9.90 Å². The third-order valence-corrected chi connectivity index (χ3v) is 3.23. The number of thiophene rings is 1. The first kappa shape index (κ1) is 10.5. The Kier molecular flexibility index (Phi) is 3.23. The topological polar surface area (TPSA) is 12.0 Å². The molecule has 0 bridgehead atoms. The van der Waals surface area contributed by atoms with Gasteiger partial charge in [0, 0.05) is 16.8 Å². The Morgan fingerprint density at radius 1 is 1.33 bits per heavy atom. The van der Waals surface area contributed by atoms with Crippen LogP contribution in [0.1, 0.15) is 4.88 Å². The molecule has 2 rings (SSSR count). The van der Waals surface area contributed by atoms with Gasteiger partial charge in [-0.3, -0.25) is 0 Å². The number of para-hydroxylation sites is 1. The van der Waals surface area contributed by atoms with Crippen LogP contribution in [0.4, 0.5) is 10.1 Å². The van der Waals surface area contributed by atoms with E-state index in [9.17, 15) is 4.39 Å². The lowest BCUT2D eigenvalue weighted by atomic mass is 10.3. The Hall–Kier alpha value is -1.06. The minimum atomic E-state index is -0.236. The molecule has 0 unspecified atom stereocenters. The van der Waals surface area contributed by atoms with Crippen molar-refractivity contribution in [1.82, 2.24) is 0 Å². The van der Waals surface area contributed by atoms with Gasteiger partial charge in [-0.1, -0.05) is 23.7 Å². The third kappa shape index (κ3) is 2.70. The summed E-state index contributed by atoms with van der Waals surface area (Å²) in [7, 11) is 0. The second-order valence-corrected chi connectivity index (χ2v) is 4.50. The van der Waals surface area contributed by atoms with Gasteiger partial charge in [-0.2, -0.15) is 0 Å². The summed E-state index contributed by atoms with van der Waals surface area (Å²) in [6.45, 7) is 0.596. The van der Waals surface area contributed by atoms with E-state index in [1.165, 1.54) is 6.07 Å². The molecule has 0 saturated carbocycles. The van der Waals surface area contributed by atoms with E-state index in [1.807, 2.05) is 11.4 Å². The molecule has 0 aliphatic heterocycles. The molecule has 78 valence electrons. The van der Waals surface area contributed by atoms with Crippen LogP contribution in [-0.4, -0.2) is 0 Å². The van der Waals surface area contributed by atoms with Gasteiger partial charge in [0.05, 0.1) is 10.7 Å². The molecule has 0 spiro atoms. The highest BCUT2D eigenvalue weighted by molar-refractivity contribution is 7.10. The predicted octanol–water partition coefficient (Wildman–Crippen LogP) is 4.15. The first-order valence-electron chi connectivity index (χ1n) is 4.47. The molecule has 0 aliphatic carbocycles. The van der Waals surface area contributed by atoms with Crippen LogP contribution in [0.25, 0.3) is 0 Å². The van der Waals surface area contributed by atoms with Gasteiger partial charge in [-0.25, -0.2) is 4.39 Å². The number of rotatable bonds is 3. The lowest BCUT2D eigenvalue weighted by Gasteiger charge is -2.05. The van der Waals surface area contributed by atoms with E-state index in [2.05, 4.69) is 5.32 Å². The van der Waals surface area contributed by atoms with Gasteiger partial charge in [0.15, 0.2) is 0 Å². The Morgan fingerprint density at radius 2 is 2.13 bits per heavy atom. The van der Waals surface area contributed by atoms with Gasteiger partial charge < -0.3 is 5.32 Å². The summed E-state index contributed by atoms with van der Waals surface area (Å²) in [5.41, 5.74) is 0.516. The largest absolute Gasteiger partial charge is 0.378 e. The zero-order chi connectivity index (χ0) is 10.7. The van der Waals surface area contributed by atoms with E-state index in [4.69, 9.17) is 11.6 Å². The molecule has 0 atom stereocenters. The van der Waals surface area contributed by atoms with Crippen LogP contribution in [0.15, 0.2) is 35.7 Å². The summed E-state index contributed by atoms with van der Waals surface area (Å²) in [6.07, 6.45) is 0. The number of hydrogen-bond donors (Lipinski definition) is 1. The fraction of sp³-hybridized carbons (Fsp3) is 0.0909. The molecule has 1 aromatic carbocycles. The second-order valence-electron chi connectivity index (χ2n) is 3.06. The summed E-state index contributed by atoms with van der Waals surface area (Å²) in [6, 6.07) is 8.49. The van der Waals surface area contributed by atoms with Gasteiger partial charge >= 0.3 is 0 Å². The molecule has 1 heterocycles. The van der Waals surface area contributed by atoms with Crippen molar-refractivity contribution in [2.75, 3.05) is 5.32 Å². The smallest absolute Gasteiger partial charge is 0.146 e. The van der Waals surface area contributed by atoms with E-state index in [0.29, 0.717) is 12.2 Å². The summed E-state index contributed by atoms with van der Waals surface area (Å²) in [5.74, 6) is -0.236. The van der Waals surface area contributed by atoms with Gasteiger partial charge in [0.1, 0.15) is 5.82 Å². The highest BCUT2D eigenvalue weighted by Gasteiger charge is 2.01. The van der Waals surface area contributed by atoms with E-state index in [1.54, 1.807) is 29.5 Å². The molecule has 15 heavy (non-hydrogen) atoms. The Labute approximate surface area is 96.5 Å². The monoisotopic (exact) mass is 241 g/mol. The summed E-state index contributed by atoms with van der Waals surface area (Å²) in [4.78, 5) is 1.09. The molecule has 0 amide bonds. The van der Waals surface area contributed by atoms with Crippen LogP contribution in [0.5, 0.6) is 0 Å². The standard InChI is InChI=1S/C11H9ClFNS/c12-8-5-9(15-7-8)6-14-11-4-2-1-3-10(11)13/h1-5,7,14H,6H2. The van der Waals surface area contributed by atoms with Crippen molar-refractivity contribution in [1.29, 1.82) is 0 Å². The lowest BCUT2D eigenvalue weighted by molar-refractivity contribution is 0.630. The Morgan fingerprint density at radius 3 is 2.80 bits per heavy atom. The van der Waals surface area contributed by atoms with Crippen molar-refractivity contribution in [2.24, 2.45) is 0 Å². The highest BCUT2D eigenvalue weighted by atomic mass is 35.5. The second kappa shape index (κ2) is 4.64. The third-order valence-electron chi connectivity index (χ3n) is 1.95. The summed E-state index contributed by atoms with van der Waals surface area (Å²) >= 11 is 7.34. The lowest BCUT2D eigenvalue weighted by Crippen LogP contribution is -1.99. The number of anilines is 1. The SMILES string of the molecule is Fc1ccccc1NCc1cc(Cl)cs1. The zero-order valence-electron chi connectivity index (χ0n) is 7.84. The maximum atomic E-state index is 13.2. The van der Waals surface area contributed by atoms with Crippen molar-refractivity contribution >= 4 is 28.6 Å². The first-order chi connectivity index (χ1) is 7.25. The van der Waals surface area contributed by atoms with Gasteiger partial charge in [-0.05, 0) is 18.2 Å². The van der Waals surface area contributed by atoms with Gasteiger partial charge in [-0.15, -0.1) is 11.3 Å². The van der Waals surface area contributed by atoms with Gasteiger partial charge in [0.25, 0.3) is 0 Å². The average molecular weight is 242 g/mol. The maximum Gasteiger partial charge on any atom is 0.146 e. The van der Waals surface area contributed by atoms with E-state index < -0.39 is 0 Å².